The normalized spacial score (nSPS) is 20.1. The number of likely N-dealkylation sites (tertiary alicyclic amines) is 1. The lowest BCUT2D eigenvalue weighted by Crippen LogP contribution is -2.40. The van der Waals surface area contributed by atoms with Crippen molar-refractivity contribution >= 4 is 16.6 Å². The maximum Gasteiger partial charge on any atom is 0.119 e. The van der Waals surface area contributed by atoms with E-state index in [1.807, 2.05) is 31.4 Å². The third-order valence-corrected chi connectivity index (χ3v) is 3.88. The Morgan fingerprint density at radius 3 is 3.00 bits per heavy atom. The average Bonchev–Trinajstić information content (AvgIpc) is 3.03. The number of anilines is 1. The van der Waals surface area contributed by atoms with Crippen LogP contribution in [0.15, 0.2) is 24.4 Å². The van der Waals surface area contributed by atoms with Gasteiger partial charge in [-0.05, 0) is 44.6 Å². The van der Waals surface area contributed by atoms with E-state index in [1.54, 1.807) is 7.11 Å². The smallest absolute Gasteiger partial charge is 0.119 e. The lowest BCUT2D eigenvalue weighted by atomic mass is 10.2. The number of nitrogens with zero attached hydrogens (tertiary/aromatic N) is 2. The zero-order valence-electron chi connectivity index (χ0n) is 11.3. The minimum absolute atomic E-state index is 0.0465. The van der Waals surface area contributed by atoms with Gasteiger partial charge < -0.3 is 9.72 Å². The summed E-state index contributed by atoms with van der Waals surface area (Å²) in [7, 11) is 3.69. The van der Waals surface area contributed by atoms with E-state index >= 15 is 0 Å². The van der Waals surface area contributed by atoms with Crippen LogP contribution < -0.4 is 9.80 Å². The van der Waals surface area contributed by atoms with Crippen molar-refractivity contribution < 1.29 is 9.94 Å². The van der Waals surface area contributed by atoms with Crippen molar-refractivity contribution in [1.82, 2.24) is 9.88 Å². The molecule has 1 atom stereocenters. The van der Waals surface area contributed by atoms with E-state index in [-0.39, 0.29) is 6.17 Å². The van der Waals surface area contributed by atoms with Crippen LogP contribution in [-0.2, 0) is 0 Å². The molecule has 1 aromatic heterocycles. The summed E-state index contributed by atoms with van der Waals surface area (Å²) in [6.45, 7) is 1.02. The quantitative estimate of drug-likeness (QED) is 0.833. The zero-order chi connectivity index (χ0) is 13.4. The lowest BCUT2D eigenvalue weighted by Gasteiger charge is -2.28. The predicted molar refractivity (Wildman–Crippen MR) is 74.8 cm³/mol. The van der Waals surface area contributed by atoms with Crippen LogP contribution in [0.3, 0.4) is 0 Å². The summed E-state index contributed by atoms with van der Waals surface area (Å²) < 4.78 is 5.25. The van der Waals surface area contributed by atoms with Crippen molar-refractivity contribution in [3.63, 3.8) is 0 Å². The molecular weight excluding hydrogens is 242 g/mol. The van der Waals surface area contributed by atoms with E-state index in [0.717, 1.165) is 41.7 Å². The van der Waals surface area contributed by atoms with Crippen molar-refractivity contribution in [1.29, 1.82) is 0 Å². The number of hydroxylamine groups is 1. The molecule has 0 aliphatic carbocycles. The van der Waals surface area contributed by atoms with Crippen molar-refractivity contribution in [3.05, 3.63) is 24.4 Å². The fourth-order valence-electron chi connectivity index (χ4n) is 2.76. The molecule has 2 aromatic rings. The van der Waals surface area contributed by atoms with Gasteiger partial charge in [0.1, 0.15) is 11.9 Å². The number of rotatable bonds is 3. The number of aromatic amines is 1. The molecule has 1 unspecified atom stereocenters. The second-order valence-corrected chi connectivity index (χ2v) is 5.03. The van der Waals surface area contributed by atoms with E-state index in [1.165, 1.54) is 5.06 Å². The third-order valence-electron chi connectivity index (χ3n) is 3.88. The number of hydrogen-bond acceptors (Lipinski definition) is 4. The van der Waals surface area contributed by atoms with Gasteiger partial charge in [0.25, 0.3) is 0 Å². The Bertz CT molecular complexity index is 581. The molecule has 0 radical (unpaired) electrons. The van der Waals surface area contributed by atoms with Gasteiger partial charge in [0, 0.05) is 17.1 Å². The molecular formula is C14H19N3O2. The number of nitrogens with one attached hydrogen (secondary N) is 1. The second kappa shape index (κ2) is 4.75. The number of H-pyrrole nitrogens is 1. The molecule has 1 aromatic carbocycles. The maximum absolute atomic E-state index is 10.5. The van der Waals surface area contributed by atoms with Crippen LogP contribution in [0.2, 0.25) is 0 Å². The van der Waals surface area contributed by atoms with Gasteiger partial charge in [-0.1, -0.05) is 0 Å². The highest BCUT2D eigenvalue weighted by molar-refractivity contribution is 5.93. The van der Waals surface area contributed by atoms with Crippen LogP contribution in [-0.4, -0.2) is 42.0 Å². The van der Waals surface area contributed by atoms with Crippen LogP contribution in [0.1, 0.15) is 12.8 Å². The van der Waals surface area contributed by atoms with Gasteiger partial charge >= 0.3 is 0 Å². The largest absolute Gasteiger partial charge is 0.497 e. The summed E-state index contributed by atoms with van der Waals surface area (Å²) >= 11 is 0. The predicted octanol–water partition coefficient (Wildman–Crippen LogP) is 2.42. The van der Waals surface area contributed by atoms with Gasteiger partial charge in [-0.25, -0.2) is 5.06 Å². The van der Waals surface area contributed by atoms with E-state index in [2.05, 4.69) is 9.88 Å². The second-order valence-electron chi connectivity index (χ2n) is 5.03. The fourth-order valence-corrected chi connectivity index (χ4v) is 2.76. The van der Waals surface area contributed by atoms with Crippen LogP contribution in [0, 0.1) is 0 Å². The molecule has 1 aliphatic rings. The van der Waals surface area contributed by atoms with Crippen molar-refractivity contribution in [3.8, 4) is 5.75 Å². The first kappa shape index (κ1) is 12.3. The Kier molecular flexibility index (Phi) is 3.08. The number of aromatic nitrogens is 1. The number of fused-ring (bicyclic) bond motifs is 1. The number of benzene rings is 1. The number of methoxy groups -OCH3 is 1. The van der Waals surface area contributed by atoms with Gasteiger partial charge in [-0.2, -0.15) is 0 Å². The molecule has 0 saturated carbocycles. The molecule has 1 aliphatic heterocycles. The van der Waals surface area contributed by atoms with Gasteiger partial charge in [0.05, 0.1) is 12.8 Å². The summed E-state index contributed by atoms with van der Waals surface area (Å²) in [6.07, 6.45) is 3.98. The highest BCUT2D eigenvalue weighted by Crippen LogP contribution is 2.32. The molecule has 3 rings (SSSR count). The summed E-state index contributed by atoms with van der Waals surface area (Å²) in [5.74, 6) is 0.793. The third kappa shape index (κ3) is 2.05. The number of ether oxygens (including phenoxy) is 1. The van der Waals surface area contributed by atoms with Crippen LogP contribution in [0.4, 0.5) is 5.69 Å². The maximum atomic E-state index is 10.5. The average molecular weight is 261 g/mol. The molecule has 1 fully saturated rings. The van der Waals surface area contributed by atoms with E-state index < -0.39 is 0 Å². The van der Waals surface area contributed by atoms with Crippen LogP contribution in [0.25, 0.3) is 10.9 Å². The van der Waals surface area contributed by atoms with Crippen molar-refractivity contribution in [2.75, 3.05) is 25.8 Å². The van der Waals surface area contributed by atoms with E-state index in [9.17, 15) is 5.21 Å². The summed E-state index contributed by atoms with van der Waals surface area (Å²) in [6, 6.07) is 5.81. The highest BCUT2D eigenvalue weighted by Gasteiger charge is 2.28. The molecule has 102 valence electrons. The van der Waals surface area contributed by atoms with Crippen LogP contribution in [0.5, 0.6) is 5.75 Å². The molecule has 2 heterocycles. The summed E-state index contributed by atoms with van der Waals surface area (Å²) in [4.78, 5) is 5.35. The van der Waals surface area contributed by atoms with E-state index in [0.29, 0.717) is 0 Å². The van der Waals surface area contributed by atoms with Crippen molar-refractivity contribution in [2.45, 2.75) is 19.0 Å². The van der Waals surface area contributed by atoms with E-state index in [4.69, 9.17) is 4.74 Å². The van der Waals surface area contributed by atoms with Gasteiger partial charge in [0.15, 0.2) is 0 Å². The van der Waals surface area contributed by atoms with Gasteiger partial charge in [0.2, 0.25) is 0 Å². The topological polar surface area (TPSA) is 51.7 Å². The standard InChI is InChI=1S/C14H19N3O2/c1-16-7-3-4-14(16)17(18)13-9-15-12-6-5-10(19-2)8-11(12)13/h5-6,8-9,14-15,18H,3-4,7H2,1-2H3. The number of hydrogen-bond donors (Lipinski definition) is 2. The molecule has 5 nitrogen and oxygen atoms in total. The summed E-state index contributed by atoms with van der Waals surface area (Å²) in [5.41, 5.74) is 1.79. The first-order chi connectivity index (χ1) is 9.20. The molecule has 2 N–H and O–H groups in total. The molecule has 0 spiro atoms. The molecule has 1 saturated heterocycles. The Labute approximate surface area is 112 Å². The van der Waals surface area contributed by atoms with Crippen molar-refractivity contribution in [2.24, 2.45) is 0 Å². The van der Waals surface area contributed by atoms with Crippen LogP contribution >= 0.6 is 0 Å². The monoisotopic (exact) mass is 261 g/mol. The SMILES string of the molecule is COc1ccc2[nH]cc(N(O)C3CCCN3C)c2c1. The Morgan fingerprint density at radius 1 is 1.47 bits per heavy atom. The minimum atomic E-state index is 0.0465. The Morgan fingerprint density at radius 2 is 2.32 bits per heavy atom. The highest BCUT2D eigenvalue weighted by atomic mass is 16.5. The minimum Gasteiger partial charge on any atom is -0.497 e. The molecule has 5 heteroatoms. The molecule has 19 heavy (non-hydrogen) atoms. The fraction of sp³-hybridized carbons (Fsp3) is 0.429. The summed E-state index contributed by atoms with van der Waals surface area (Å²) in [5, 5.41) is 12.8. The molecule has 0 bridgehead atoms. The lowest BCUT2D eigenvalue weighted by molar-refractivity contribution is 0.145. The first-order valence-electron chi connectivity index (χ1n) is 6.54. The zero-order valence-corrected chi connectivity index (χ0v) is 11.3. The Hall–Kier alpha value is -1.72. The van der Waals surface area contributed by atoms with Gasteiger partial charge in [-0.15, -0.1) is 0 Å². The first-order valence-corrected chi connectivity index (χ1v) is 6.54. The van der Waals surface area contributed by atoms with Gasteiger partial charge in [-0.3, -0.25) is 10.1 Å². The Balaban J connectivity index is 1.99. The molecule has 0 amide bonds.